The average molecular weight is 290 g/mol. The number of methoxy groups -OCH3 is 1. The number of hydrogen-bond donors (Lipinski definition) is 1. The highest BCUT2D eigenvalue weighted by Gasteiger charge is 2.14. The highest BCUT2D eigenvalue weighted by Crippen LogP contribution is 2.25. The number of rotatable bonds is 3. The second kappa shape index (κ2) is 5.97. The smallest absolute Gasteiger partial charge is 0.259 e. The molecule has 0 aliphatic carbocycles. The highest BCUT2D eigenvalue weighted by molar-refractivity contribution is 6.31. The zero-order valence-electron chi connectivity index (χ0n) is 11.7. The Labute approximate surface area is 123 Å². The second-order valence-corrected chi connectivity index (χ2v) is 4.98. The van der Waals surface area contributed by atoms with Crippen molar-refractivity contribution in [2.24, 2.45) is 0 Å². The molecule has 4 heteroatoms. The van der Waals surface area contributed by atoms with Crippen LogP contribution in [-0.2, 0) is 0 Å². The number of anilines is 1. The summed E-state index contributed by atoms with van der Waals surface area (Å²) in [6.07, 6.45) is 0. The molecule has 2 rings (SSSR count). The first-order valence-corrected chi connectivity index (χ1v) is 6.62. The maximum absolute atomic E-state index is 12.4. The molecule has 0 spiro atoms. The van der Waals surface area contributed by atoms with Crippen LogP contribution in [0.3, 0.4) is 0 Å². The number of benzene rings is 2. The molecular formula is C16H16ClNO2. The van der Waals surface area contributed by atoms with Crippen LogP contribution in [0.5, 0.6) is 5.75 Å². The standard InChI is InChI=1S/C16H16ClNO2/c1-10-5-4-6-14(11(10)2)18-16(19)13-9-12(17)7-8-15(13)20-3/h4-9H,1-3H3,(H,18,19). The minimum atomic E-state index is -0.238. The van der Waals surface area contributed by atoms with E-state index in [4.69, 9.17) is 16.3 Å². The lowest BCUT2D eigenvalue weighted by Crippen LogP contribution is -2.14. The van der Waals surface area contributed by atoms with Gasteiger partial charge in [-0.05, 0) is 49.2 Å². The highest BCUT2D eigenvalue weighted by atomic mass is 35.5. The number of nitrogens with one attached hydrogen (secondary N) is 1. The molecular weight excluding hydrogens is 274 g/mol. The van der Waals surface area contributed by atoms with Crippen LogP contribution in [0.15, 0.2) is 36.4 Å². The van der Waals surface area contributed by atoms with E-state index in [0.29, 0.717) is 16.3 Å². The van der Waals surface area contributed by atoms with Gasteiger partial charge in [-0.15, -0.1) is 0 Å². The molecule has 20 heavy (non-hydrogen) atoms. The summed E-state index contributed by atoms with van der Waals surface area (Å²) in [6, 6.07) is 10.8. The number of carbonyl (C=O) groups excluding carboxylic acids is 1. The largest absolute Gasteiger partial charge is 0.496 e. The molecule has 0 fully saturated rings. The van der Waals surface area contributed by atoms with E-state index in [0.717, 1.165) is 16.8 Å². The van der Waals surface area contributed by atoms with Gasteiger partial charge in [0.2, 0.25) is 0 Å². The lowest BCUT2D eigenvalue weighted by molar-refractivity contribution is 0.102. The number of hydrogen-bond acceptors (Lipinski definition) is 2. The molecule has 2 aromatic rings. The number of carbonyl (C=O) groups is 1. The van der Waals surface area contributed by atoms with E-state index in [1.807, 2.05) is 32.0 Å². The Hall–Kier alpha value is -2.00. The lowest BCUT2D eigenvalue weighted by atomic mass is 10.1. The van der Waals surface area contributed by atoms with Gasteiger partial charge in [-0.25, -0.2) is 0 Å². The van der Waals surface area contributed by atoms with Gasteiger partial charge in [0.25, 0.3) is 5.91 Å². The molecule has 0 saturated carbocycles. The molecule has 1 N–H and O–H groups in total. The fourth-order valence-electron chi connectivity index (χ4n) is 1.93. The molecule has 0 heterocycles. The molecule has 0 atom stereocenters. The maximum Gasteiger partial charge on any atom is 0.259 e. The first-order chi connectivity index (χ1) is 9.52. The minimum Gasteiger partial charge on any atom is -0.496 e. The Balaban J connectivity index is 2.33. The maximum atomic E-state index is 12.4. The van der Waals surface area contributed by atoms with Crippen LogP contribution in [0.4, 0.5) is 5.69 Å². The van der Waals surface area contributed by atoms with Crippen LogP contribution in [0.25, 0.3) is 0 Å². The van der Waals surface area contributed by atoms with Crippen LogP contribution >= 0.6 is 11.6 Å². The van der Waals surface area contributed by atoms with Crippen LogP contribution in [0.1, 0.15) is 21.5 Å². The average Bonchev–Trinajstić information content (AvgIpc) is 2.43. The van der Waals surface area contributed by atoms with Crippen molar-refractivity contribution in [1.82, 2.24) is 0 Å². The number of aryl methyl sites for hydroxylation is 1. The summed E-state index contributed by atoms with van der Waals surface area (Å²) in [5.74, 6) is 0.259. The Morgan fingerprint density at radius 3 is 2.65 bits per heavy atom. The Morgan fingerprint density at radius 2 is 1.95 bits per heavy atom. The second-order valence-electron chi connectivity index (χ2n) is 4.55. The third kappa shape index (κ3) is 2.94. The van der Waals surface area contributed by atoms with Gasteiger partial charge >= 0.3 is 0 Å². The van der Waals surface area contributed by atoms with Crippen molar-refractivity contribution in [3.05, 3.63) is 58.1 Å². The first-order valence-electron chi connectivity index (χ1n) is 6.24. The van der Waals surface area contributed by atoms with E-state index in [9.17, 15) is 4.79 Å². The summed E-state index contributed by atoms with van der Waals surface area (Å²) in [6.45, 7) is 3.98. The molecule has 0 bridgehead atoms. The molecule has 0 saturated heterocycles. The van der Waals surface area contributed by atoms with E-state index >= 15 is 0 Å². The van der Waals surface area contributed by atoms with Crippen molar-refractivity contribution in [2.45, 2.75) is 13.8 Å². The fourth-order valence-corrected chi connectivity index (χ4v) is 2.11. The van der Waals surface area contributed by atoms with Gasteiger partial charge in [0.05, 0.1) is 12.7 Å². The van der Waals surface area contributed by atoms with Crippen molar-refractivity contribution < 1.29 is 9.53 Å². The fraction of sp³-hybridized carbons (Fsp3) is 0.188. The van der Waals surface area contributed by atoms with Gasteiger partial charge in [-0.1, -0.05) is 23.7 Å². The van der Waals surface area contributed by atoms with Crippen LogP contribution < -0.4 is 10.1 Å². The van der Waals surface area contributed by atoms with Crippen LogP contribution in [-0.4, -0.2) is 13.0 Å². The molecule has 0 aliphatic rings. The Morgan fingerprint density at radius 1 is 1.20 bits per heavy atom. The van der Waals surface area contributed by atoms with E-state index < -0.39 is 0 Å². The minimum absolute atomic E-state index is 0.238. The molecule has 0 unspecified atom stereocenters. The van der Waals surface area contributed by atoms with Crippen LogP contribution in [0.2, 0.25) is 5.02 Å². The molecule has 104 valence electrons. The van der Waals surface area contributed by atoms with Crippen LogP contribution in [0, 0.1) is 13.8 Å². The monoisotopic (exact) mass is 289 g/mol. The van der Waals surface area contributed by atoms with Gasteiger partial charge in [-0.3, -0.25) is 4.79 Å². The van der Waals surface area contributed by atoms with Gasteiger partial charge in [0.15, 0.2) is 0 Å². The Kier molecular flexibility index (Phi) is 4.30. The molecule has 1 amide bonds. The van der Waals surface area contributed by atoms with Crippen molar-refractivity contribution in [3.63, 3.8) is 0 Å². The third-order valence-electron chi connectivity index (χ3n) is 3.26. The van der Waals surface area contributed by atoms with Crippen molar-refractivity contribution >= 4 is 23.2 Å². The summed E-state index contributed by atoms with van der Waals surface area (Å²) in [4.78, 5) is 12.4. The third-order valence-corrected chi connectivity index (χ3v) is 3.49. The lowest BCUT2D eigenvalue weighted by Gasteiger charge is -2.12. The van der Waals surface area contributed by atoms with E-state index in [1.165, 1.54) is 7.11 Å². The van der Waals surface area contributed by atoms with E-state index in [2.05, 4.69) is 5.32 Å². The number of halogens is 1. The first kappa shape index (κ1) is 14.4. The summed E-state index contributed by atoms with van der Waals surface area (Å²) in [5, 5.41) is 3.39. The quantitative estimate of drug-likeness (QED) is 0.919. The summed E-state index contributed by atoms with van der Waals surface area (Å²) in [7, 11) is 1.53. The zero-order valence-corrected chi connectivity index (χ0v) is 12.4. The molecule has 2 aromatic carbocycles. The normalized spacial score (nSPS) is 10.2. The van der Waals surface area contributed by atoms with E-state index in [-0.39, 0.29) is 5.91 Å². The number of amides is 1. The predicted molar refractivity (Wildman–Crippen MR) is 81.9 cm³/mol. The van der Waals surface area contributed by atoms with Crippen molar-refractivity contribution in [3.8, 4) is 5.75 Å². The van der Waals surface area contributed by atoms with Gasteiger partial charge in [0, 0.05) is 10.7 Å². The molecule has 0 radical (unpaired) electrons. The van der Waals surface area contributed by atoms with Gasteiger partial charge in [-0.2, -0.15) is 0 Å². The predicted octanol–water partition coefficient (Wildman–Crippen LogP) is 4.22. The molecule has 0 aliphatic heterocycles. The number of ether oxygens (including phenoxy) is 1. The van der Waals surface area contributed by atoms with Crippen molar-refractivity contribution in [1.29, 1.82) is 0 Å². The van der Waals surface area contributed by atoms with Gasteiger partial charge in [0.1, 0.15) is 5.75 Å². The topological polar surface area (TPSA) is 38.3 Å². The Bertz CT molecular complexity index is 653. The van der Waals surface area contributed by atoms with Crippen molar-refractivity contribution in [2.75, 3.05) is 12.4 Å². The summed E-state index contributed by atoms with van der Waals surface area (Å²) in [5.41, 5.74) is 3.38. The summed E-state index contributed by atoms with van der Waals surface area (Å²) < 4.78 is 5.19. The molecule has 0 aromatic heterocycles. The summed E-state index contributed by atoms with van der Waals surface area (Å²) >= 11 is 5.94. The van der Waals surface area contributed by atoms with Gasteiger partial charge < -0.3 is 10.1 Å². The molecule has 3 nitrogen and oxygen atoms in total. The SMILES string of the molecule is COc1ccc(Cl)cc1C(=O)Nc1cccc(C)c1C. The van der Waals surface area contributed by atoms with E-state index in [1.54, 1.807) is 18.2 Å². The zero-order chi connectivity index (χ0) is 14.7.